The first-order chi connectivity index (χ1) is 5.54. The van der Waals surface area contributed by atoms with Gasteiger partial charge in [-0.15, -0.1) is 0 Å². The molecule has 1 rings (SSSR count). The van der Waals surface area contributed by atoms with Crippen LogP contribution in [0.4, 0.5) is 8.78 Å². The van der Waals surface area contributed by atoms with E-state index in [0.717, 1.165) is 6.20 Å². The molecule has 2 N–H and O–H groups in total. The predicted octanol–water partition coefficient (Wildman–Crippen LogP) is 1.11. The highest BCUT2D eigenvalue weighted by Gasteiger charge is 2.17. The molecule has 1 aromatic rings. The first kappa shape index (κ1) is 8.86. The van der Waals surface area contributed by atoms with Gasteiger partial charge >= 0.3 is 0 Å². The third-order valence-electron chi connectivity index (χ3n) is 1.18. The molecule has 0 aliphatic heterocycles. The van der Waals surface area contributed by atoms with Crippen LogP contribution >= 0.6 is 11.6 Å². The third kappa shape index (κ3) is 1.35. The number of hydrogen-bond acceptors (Lipinski definition) is 2. The molecular weight excluding hydrogens is 190 g/mol. The molecule has 6 heteroatoms. The van der Waals surface area contributed by atoms with Gasteiger partial charge < -0.3 is 5.73 Å². The molecule has 12 heavy (non-hydrogen) atoms. The lowest BCUT2D eigenvalue weighted by Crippen LogP contribution is -2.15. The Morgan fingerprint density at radius 1 is 1.58 bits per heavy atom. The minimum absolute atomic E-state index is 0.304. The lowest BCUT2D eigenvalue weighted by molar-refractivity contribution is 0.0995. The van der Waals surface area contributed by atoms with E-state index in [2.05, 4.69) is 4.98 Å². The molecule has 1 amide bonds. The molecule has 0 bridgehead atoms. The van der Waals surface area contributed by atoms with Crippen molar-refractivity contribution >= 4 is 17.5 Å². The number of primary amides is 1. The topological polar surface area (TPSA) is 56.0 Å². The van der Waals surface area contributed by atoms with Crippen LogP contribution in [0.1, 0.15) is 10.4 Å². The summed E-state index contributed by atoms with van der Waals surface area (Å²) in [5, 5.41) is -0.304. The molecule has 0 unspecified atom stereocenters. The van der Waals surface area contributed by atoms with Crippen molar-refractivity contribution in [2.45, 2.75) is 0 Å². The highest BCUT2D eigenvalue weighted by Crippen LogP contribution is 2.18. The molecule has 64 valence electrons. The molecular formula is C6H3ClF2N2O. The molecule has 1 aromatic heterocycles. The van der Waals surface area contributed by atoms with E-state index in [1.165, 1.54) is 0 Å². The maximum atomic E-state index is 12.7. The Morgan fingerprint density at radius 2 is 2.17 bits per heavy atom. The zero-order chi connectivity index (χ0) is 9.30. The number of halogens is 3. The fraction of sp³-hybridized carbons (Fsp3) is 0. The van der Waals surface area contributed by atoms with Crippen LogP contribution in [0.5, 0.6) is 0 Å². The predicted molar refractivity (Wildman–Crippen MR) is 37.7 cm³/mol. The van der Waals surface area contributed by atoms with Gasteiger partial charge in [0, 0.05) is 6.20 Å². The number of hydrogen-bond donors (Lipinski definition) is 1. The van der Waals surface area contributed by atoms with Gasteiger partial charge in [0.15, 0.2) is 5.82 Å². The van der Waals surface area contributed by atoms with Gasteiger partial charge in [0.1, 0.15) is 0 Å². The summed E-state index contributed by atoms with van der Waals surface area (Å²) in [6.45, 7) is 0. The van der Waals surface area contributed by atoms with Crippen LogP contribution in [-0.2, 0) is 0 Å². The summed E-state index contributed by atoms with van der Waals surface area (Å²) in [4.78, 5) is 13.4. The van der Waals surface area contributed by atoms with Crippen LogP contribution in [0.2, 0.25) is 5.02 Å². The average molecular weight is 193 g/mol. The Balaban J connectivity index is 3.43. The van der Waals surface area contributed by atoms with Crippen molar-refractivity contribution in [1.29, 1.82) is 0 Å². The Morgan fingerprint density at radius 3 is 2.58 bits per heavy atom. The van der Waals surface area contributed by atoms with Crippen LogP contribution in [0.3, 0.4) is 0 Å². The SMILES string of the molecule is NC(=O)c1c(Cl)cnc(F)c1F. The van der Waals surface area contributed by atoms with Gasteiger partial charge in [-0.25, -0.2) is 9.37 Å². The van der Waals surface area contributed by atoms with E-state index >= 15 is 0 Å². The van der Waals surface area contributed by atoms with Crippen LogP contribution in [0.25, 0.3) is 0 Å². The zero-order valence-corrected chi connectivity index (χ0v) is 6.40. The quantitative estimate of drug-likeness (QED) is 0.678. The van der Waals surface area contributed by atoms with Crippen molar-refractivity contribution in [2.24, 2.45) is 5.73 Å². The lowest BCUT2D eigenvalue weighted by atomic mass is 10.2. The number of carbonyl (C=O) groups excluding carboxylic acids is 1. The van der Waals surface area contributed by atoms with Crippen molar-refractivity contribution in [2.75, 3.05) is 0 Å². The Labute approximate surface area is 71.2 Å². The molecule has 0 saturated carbocycles. The van der Waals surface area contributed by atoms with E-state index in [-0.39, 0.29) is 5.02 Å². The fourth-order valence-electron chi connectivity index (χ4n) is 0.668. The molecule has 0 fully saturated rings. The highest BCUT2D eigenvalue weighted by atomic mass is 35.5. The van der Waals surface area contributed by atoms with E-state index in [9.17, 15) is 13.6 Å². The van der Waals surface area contributed by atoms with E-state index in [0.29, 0.717) is 0 Å². The van der Waals surface area contributed by atoms with Gasteiger partial charge in [-0.1, -0.05) is 11.6 Å². The maximum Gasteiger partial charge on any atom is 0.253 e. The summed E-state index contributed by atoms with van der Waals surface area (Å²) in [5.74, 6) is -3.94. The number of nitrogens with zero attached hydrogens (tertiary/aromatic N) is 1. The summed E-state index contributed by atoms with van der Waals surface area (Å²) in [7, 11) is 0. The smallest absolute Gasteiger partial charge is 0.253 e. The van der Waals surface area contributed by atoms with E-state index in [1.54, 1.807) is 0 Å². The van der Waals surface area contributed by atoms with E-state index in [4.69, 9.17) is 17.3 Å². The van der Waals surface area contributed by atoms with Crippen LogP contribution in [-0.4, -0.2) is 10.9 Å². The summed E-state index contributed by atoms with van der Waals surface area (Å²) in [6, 6.07) is 0. The summed E-state index contributed by atoms with van der Waals surface area (Å²) >= 11 is 5.33. The van der Waals surface area contributed by atoms with Crippen molar-refractivity contribution in [3.05, 3.63) is 28.5 Å². The van der Waals surface area contributed by atoms with Crippen molar-refractivity contribution in [3.63, 3.8) is 0 Å². The average Bonchev–Trinajstić information content (AvgIpc) is 1.97. The summed E-state index contributed by atoms with van der Waals surface area (Å²) < 4.78 is 25.1. The normalized spacial score (nSPS) is 9.92. The number of amides is 1. The van der Waals surface area contributed by atoms with Crippen LogP contribution in [0.15, 0.2) is 6.20 Å². The molecule has 0 aliphatic rings. The fourth-order valence-corrected chi connectivity index (χ4v) is 0.893. The second-order valence-corrected chi connectivity index (χ2v) is 2.36. The van der Waals surface area contributed by atoms with Crippen molar-refractivity contribution in [1.82, 2.24) is 4.98 Å². The Kier molecular flexibility index (Phi) is 2.23. The second kappa shape index (κ2) is 3.02. The van der Waals surface area contributed by atoms with Gasteiger partial charge in [0.05, 0.1) is 10.6 Å². The molecule has 1 heterocycles. The largest absolute Gasteiger partial charge is 0.365 e. The molecule has 0 aromatic carbocycles. The molecule has 0 aliphatic carbocycles. The van der Waals surface area contributed by atoms with Gasteiger partial charge in [-0.3, -0.25) is 4.79 Å². The zero-order valence-electron chi connectivity index (χ0n) is 5.64. The minimum Gasteiger partial charge on any atom is -0.365 e. The molecule has 0 atom stereocenters. The molecule has 0 saturated heterocycles. The van der Waals surface area contributed by atoms with E-state index < -0.39 is 23.2 Å². The van der Waals surface area contributed by atoms with Crippen LogP contribution in [0, 0.1) is 11.8 Å². The standard InChI is InChI=1S/C6H3ClF2N2O/c7-2-1-11-5(9)4(8)3(2)6(10)12/h1H,(H2,10,12). The van der Waals surface area contributed by atoms with Gasteiger partial charge in [-0.05, 0) is 0 Å². The van der Waals surface area contributed by atoms with E-state index in [1.807, 2.05) is 0 Å². The number of nitrogens with two attached hydrogens (primary N) is 1. The molecule has 0 spiro atoms. The van der Waals surface area contributed by atoms with Gasteiger partial charge in [0.25, 0.3) is 5.91 Å². The van der Waals surface area contributed by atoms with Gasteiger partial charge in [0.2, 0.25) is 5.95 Å². The Bertz CT molecular complexity index is 343. The third-order valence-corrected chi connectivity index (χ3v) is 1.46. The minimum atomic E-state index is -1.42. The second-order valence-electron chi connectivity index (χ2n) is 1.95. The summed E-state index contributed by atoms with van der Waals surface area (Å²) in [5.41, 5.74) is 4.05. The first-order valence-electron chi connectivity index (χ1n) is 2.83. The number of aromatic nitrogens is 1. The Hall–Kier alpha value is -1.23. The van der Waals surface area contributed by atoms with Crippen molar-refractivity contribution in [3.8, 4) is 0 Å². The number of carbonyl (C=O) groups is 1. The van der Waals surface area contributed by atoms with Gasteiger partial charge in [-0.2, -0.15) is 4.39 Å². The summed E-state index contributed by atoms with van der Waals surface area (Å²) in [6.07, 6.45) is 0.820. The van der Waals surface area contributed by atoms with Crippen LogP contribution < -0.4 is 5.73 Å². The number of rotatable bonds is 1. The monoisotopic (exact) mass is 192 g/mol. The maximum absolute atomic E-state index is 12.7. The molecule has 3 nitrogen and oxygen atoms in total. The number of pyridine rings is 1. The lowest BCUT2D eigenvalue weighted by Gasteiger charge is -2.00. The highest BCUT2D eigenvalue weighted by molar-refractivity contribution is 6.33. The van der Waals surface area contributed by atoms with Crippen molar-refractivity contribution < 1.29 is 13.6 Å². The first-order valence-corrected chi connectivity index (χ1v) is 3.21. The molecule has 0 radical (unpaired) electrons.